The predicted molar refractivity (Wildman–Crippen MR) is 341 cm³/mol. The zero-order valence-electron chi connectivity index (χ0n) is 53.6. The summed E-state index contributed by atoms with van der Waals surface area (Å²) in [4.78, 5) is 124. The number of methoxy groups -OCH3 is 1. The molecule has 472 valence electrons. The van der Waals surface area contributed by atoms with E-state index in [1.807, 2.05) is 80.5 Å². The molecule has 21 heteroatoms. The molecule has 6 rings (SSSR count). The average molecular weight is 1200 g/mol. The number of allylic oxidation sites excluding steroid dienone is 4. The van der Waals surface area contributed by atoms with Crippen molar-refractivity contribution < 1.29 is 38.3 Å². The van der Waals surface area contributed by atoms with Crippen LogP contribution in [0.2, 0.25) is 0 Å². The lowest BCUT2D eigenvalue weighted by atomic mass is 9.97. The highest BCUT2D eigenvalue weighted by molar-refractivity contribution is 5.99. The third-order valence-corrected chi connectivity index (χ3v) is 15.9. The summed E-state index contributed by atoms with van der Waals surface area (Å²) in [6, 6.07) is 6.31. The minimum Gasteiger partial charge on any atom is -0.467 e. The van der Waals surface area contributed by atoms with Crippen LogP contribution in [0, 0.1) is 37.5 Å². The van der Waals surface area contributed by atoms with Gasteiger partial charge in [-0.3, -0.25) is 34.2 Å². The fourth-order valence-electron chi connectivity index (χ4n) is 10.8. The van der Waals surface area contributed by atoms with Gasteiger partial charge in [0, 0.05) is 59.8 Å². The molecule has 6 amide bonds. The van der Waals surface area contributed by atoms with Gasteiger partial charge in [-0.15, -0.1) is 0 Å². The smallest absolute Gasteiger partial charge is 0.330 e. The maximum atomic E-state index is 15.3. The number of hydrogen-bond acceptors (Lipinski definition) is 12. The van der Waals surface area contributed by atoms with Gasteiger partial charge in [-0.05, 0) is 160 Å². The lowest BCUT2D eigenvalue weighted by Crippen LogP contribution is -2.62. The fraction of sp³-hybridized carbons (Fsp3) is 0.545. The molecule has 0 spiro atoms. The molecular weight excluding hydrogens is 1100 g/mol. The number of aromatic nitrogens is 6. The van der Waals surface area contributed by atoms with Crippen LogP contribution >= 0.6 is 0 Å². The number of nitrogens with one attached hydrogen (secondary N) is 8. The molecule has 4 aromatic rings. The van der Waals surface area contributed by atoms with Crippen LogP contribution in [0.1, 0.15) is 186 Å². The quantitative estimate of drug-likeness (QED) is 0.0140. The SMILES string of the molecule is CCCCCCNC(=O)CCC1=C(C)c2cc3cc(C)c(cc4cc(C)c(cc5nc(cc1n2)C(CCC(=O)NN(C(=O)[C@H](CC(C)C)NC(=O)[C@H](CC(C)C)NC(=O)[C@H](Cc1cnc[nH]1)NC(=O)[C@@H](N)C(C)C)[C@@H](CC(C)C)C(=O)OC)=C5C)[nH]4)[nH]3. The molecule has 4 aromatic heterocycles. The van der Waals surface area contributed by atoms with Crippen molar-refractivity contribution in [2.45, 2.75) is 197 Å². The Morgan fingerprint density at radius 2 is 1.16 bits per heavy atom. The molecule has 2 aliphatic rings. The third kappa shape index (κ3) is 19.0. The Balaban J connectivity index is 1.34. The number of H-pyrrole nitrogens is 3. The van der Waals surface area contributed by atoms with Gasteiger partial charge in [0.2, 0.25) is 29.5 Å². The number of ether oxygens (including phenoxy) is 1. The van der Waals surface area contributed by atoms with Gasteiger partial charge < -0.3 is 46.7 Å². The fourth-order valence-corrected chi connectivity index (χ4v) is 10.8. The molecule has 87 heavy (non-hydrogen) atoms. The van der Waals surface area contributed by atoms with Crippen LogP contribution in [-0.2, 0) is 44.7 Å². The number of unbranched alkanes of at least 4 members (excludes halogenated alkanes) is 3. The number of aromatic amines is 3. The molecule has 0 radical (unpaired) electrons. The second kappa shape index (κ2) is 31.6. The van der Waals surface area contributed by atoms with Crippen molar-refractivity contribution in [2.24, 2.45) is 29.4 Å². The largest absolute Gasteiger partial charge is 0.467 e. The number of esters is 1. The lowest BCUT2D eigenvalue weighted by Gasteiger charge is -2.35. The zero-order valence-corrected chi connectivity index (χ0v) is 53.6. The highest BCUT2D eigenvalue weighted by atomic mass is 16.5. The number of hydrogen-bond donors (Lipinski definition) is 9. The maximum Gasteiger partial charge on any atom is 0.330 e. The Morgan fingerprint density at radius 3 is 1.72 bits per heavy atom. The first-order chi connectivity index (χ1) is 41.3. The Bertz CT molecular complexity index is 3330. The summed E-state index contributed by atoms with van der Waals surface area (Å²) >= 11 is 0. The molecule has 8 bridgehead atoms. The van der Waals surface area contributed by atoms with Crippen LogP contribution < -0.4 is 32.4 Å². The van der Waals surface area contributed by atoms with Crippen molar-refractivity contribution in [1.29, 1.82) is 0 Å². The van der Waals surface area contributed by atoms with E-state index in [0.29, 0.717) is 35.7 Å². The van der Waals surface area contributed by atoms with Crippen molar-refractivity contribution in [1.82, 2.24) is 61.6 Å². The Morgan fingerprint density at radius 1 is 0.621 bits per heavy atom. The van der Waals surface area contributed by atoms with Crippen LogP contribution in [0.3, 0.4) is 0 Å². The Labute approximate surface area is 512 Å². The molecule has 10 N–H and O–H groups in total. The first kappa shape index (κ1) is 68.2. The molecule has 21 nitrogen and oxygen atoms in total. The van der Waals surface area contributed by atoms with Gasteiger partial charge in [-0.25, -0.2) is 24.8 Å². The van der Waals surface area contributed by atoms with Gasteiger partial charge >= 0.3 is 5.97 Å². The Hall–Kier alpha value is -7.94. The van der Waals surface area contributed by atoms with E-state index in [2.05, 4.69) is 78.7 Å². The van der Waals surface area contributed by atoms with E-state index in [4.69, 9.17) is 20.4 Å². The minimum atomic E-state index is -1.30. The number of amides is 6. The molecule has 0 aliphatic carbocycles. The topological polar surface area (TPSA) is 304 Å². The van der Waals surface area contributed by atoms with Gasteiger partial charge in [-0.2, -0.15) is 0 Å². The van der Waals surface area contributed by atoms with E-state index in [1.54, 1.807) is 13.8 Å². The first-order valence-electron chi connectivity index (χ1n) is 31.0. The number of carbonyl (C=O) groups excluding carboxylic acids is 7. The van der Waals surface area contributed by atoms with E-state index >= 15 is 4.79 Å². The molecule has 6 heterocycles. The van der Waals surface area contributed by atoms with Gasteiger partial charge in [0.25, 0.3) is 5.91 Å². The van der Waals surface area contributed by atoms with Gasteiger partial charge in [0.05, 0.1) is 42.3 Å². The van der Waals surface area contributed by atoms with Crippen LogP contribution in [0.4, 0.5) is 0 Å². The zero-order chi connectivity index (χ0) is 63.8. The van der Waals surface area contributed by atoms with E-state index in [0.717, 1.165) is 91.9 Å². The van der Waals surface area contributed by atoms with Crippen LogP contribution in [-0.4, -0.2) is 120 Å². The number of rotatable bonds is 29. The van der Waals surface area contributed by atoms with Crippen molar-refractivity contribution in [3.8, 4) is 0 Å². The number of aryl methyl sites for hydroxylation is 2. The number of hydrazine groups is 1. The third-order valence-electron chi connectivity index (χ3n) is 15.9. The normalized spacial score (nSPS) is 14.2. The van der Waals surface area contributed by atoms with E-state index in [-0.39, 0.29) is 74.5 Å². The van der Waals surface area contributed by atoms with Gasteiger partial charge in [0.1, 0.15) is 18.1 Å². The Kier molecular flexibility index (Phi) is 24.8. The summed E-state index contributed by atoms with van der Waals surface area (Å²) in [5.74, 6) is -4.77. The number of nitrogens with zero attached hydrogens (tertiary/aromatic N) is 4. The summed E-state index contributed by atoms with van der Waals surface area (Å²) < 4.78 is 5.29. The highest BCUT2D eigenvalue weighted by Gasteiger charge is 2.39. The number of carbonyl (C=O) groups is 7. The van der Waals surface area contributed by atoms with Crippen LogP contribution in [0.15, 0.2) is 48.9 Å². The number of nitrogens with two attached hydrogens (primary N) is 1. The summed E-state index contributed by atoms with van der Waals surface area (Å²) in [5.41, 5.74) is 21.2. The van der Waals surface area contributed by atoms with Gasteiger partial charge in [0.15, 0.2) is 6.04 Å². The maximum absolute atomic E-state index is 15.3. The molecule has 0 saturated heterocycles. The summed E-state index contributed by atoms with van der Waals surface area (Å²) in [5, 5.41) is 12.6. The first-order valence-corrected chi connectivity index (χ1v) is 31.0. The molecule has 0 aromatic carbocycles. The average Bonchev–Trinajstić information content (AvgIpc) is 3.80. The van der Waals surface area contributed by atoms with Crippen LogP contribution in [0.25, 0.3) is 44.4 Å². The summed E-state index contributed by atoms with van der Waals surface area (Å²) in [7, 11) is 1.21. The van der Waals surface area contributed by atoms with Crippen molar-refractivity contribution in [3.05, 3.63) is 88.5 Å². The van der Waals surface area contributed by atoms with Crippen molar-refractivity contribution in [3.63, 3.8) is 0 Å². The van der Waals surface area contributed by atoms with E-state index in [1.165, 1.54) is 19.6 Å². The predicted octanol–water partition coefficient (Wildman–Crippen LogP) is 8.99. The molecule has 2 aliphatic heterocycles. The summed E-state index contributed by atoms with van der Waals surface area (Å²) in [6.45, 7) is 25.7. The second-order valence-electron chi connectivity index (χ2n) is 25.0. The number of imidazole rings is 1. The second-order valence-corrected chi connectivity index (χ2v) is 25.0. The van der Waals surface area contributed by atoms with Crippen molar-refractivity contribution >= 4 is 85.8 Å². The number of fused-ring (bicyclic) bond motifs is 8. The monoisotopic (exact) mass is 1200 g/mol. The molecule has 0 unspecified atom stereocenters. The van der Waals surface area contributed by atoms with Crippen LogP contribution in [0.5, 0.6) is 0 Å². The summed E-state index contributed by atoms with van der Waals surface area (Å²) in [6.07, 6.45) is 8.20. The molecule has 5 atom stereocenters. The lowest BCUT2D eigenvalue weighted by molar-refractivity contribution is -0.160. The standard InChI is InChI=1S/C66H95N13O8/c1-15-16-17-18-23-69-59(80)21-19-47-42(12)51-30-45-27-40(10)49(71-45)29-44-28-41(11)50(72-44)32-52-43(13)48(54(74-52)33-53(47)73-51)20-22-60(81)78-79(58(26-38(6)7)66(86)87-14)65(85)57(25-37(4)5)77-62(82)55(24-36(2)3)75-63(83)56(31-46-34-68-35-70-46)76-64(84)61(67)39(8)9/h27-30,32-39,55-58,61,71-72H,15-26,31,67H2,1-14H3,(H,68,70)(H,69,80)(H,75,83)(H,76,84)(H,77,82)(H,78,81)/t55-,56-,57-,58-,61-/m0/s1. The highest BCUT2D eigenvalue weighted by Crippen LogP contribution is 2.38. The van der Waals surface area contributed by atoms with E-state index < -0.39 is 65.7 Å². The minimum absolute atomic E-state index is 0.0159. The van der Waals surface area contributed by atoms with Gasteiger partial charge in [-0.1, -0.05) is 81.6 Å². The van der Waals surface area contributed by atoms with Crippen molar-refractivity contribution in [2.75, 3.05) is 13.7 Å². The molecule has 0 fully saturated rings. The van der Waals surface area contributed by atoms with E-state index in [9.17, 15) is 28.8 Å². The molecular formula is C66H95N13O8. The molecule has 0 saturated carbocycles.